The molecule has 2 N–H and O–H groups in total. The number of carbonyl (C=O) groups excluding carboxylic acids is 1. The van der Waals surface area contributed by atoms with Gasteiger partial charge in [-0.25, -0.2) is 0 Å². The molecular weight excluding hydrogens is 206 g/mol. The zero-order valence-electron chi connectivity index (χ0n) is 4.88. The van der Waals surface area contributed by atoms with E-state index in [0.717, 1.165) is 0 Å². The normalized spacial score (nSPS) is 14.3. The molecule has 0 spiro atoms. The average molecular weight is 208 g/mol. The highest BCUT2D eigenvalue weighted by Crippen LogP contribution is 2.32. The third-order valence-corrected chi connectivity index (χ3v) is 1.53. The predicted molar refractivity (Wildman–Crippen MR) is 34.0 cm³/mol. The first kappa shape index (κ1) is 10.6. The van der Waals surface area contributed by atoms with Crippen molar-refractivity contribution in [1.82, 2.24) is 0 Å². The number of halogens is 5. The van der Waals surface area contributed by atoms with Crippen LogP contribution in [0.1, 0.15) is 0 Å². The number of carbonyl (C=O) groups is 1. The summed E-state index contributed by atoms with van der Waals surface area (Å²) < 4.78 is 34.7. The molecule has 0 aromatic carbocycles. The van der Waals surface area contributed by atoms with Gasteiger partial charge in [-0.2, -0.15) is 13.2 Å². The van der Waals surface area contributed by atoms with Crippen LogP contribution in [-0.4, -0.2) is 12.1 Å². The van der Waals surface area contributed by atoms with Crippen molar-refractivity contribution in [3.05, 3.63) is 10.1 Å². The van der Waals surface area contributed by atoms with E-state index in [1.807, 2.05) is 0 Å². The van der Waals surface area contributed by atoms with Crippen LogP contribution in [-0.2, 0) is 4.79 Å². The molecule has 0 saturated heterocycles. The van der Waals surface area contributed by atoms with Gasteiger partial charge in [0.1, 0.15) is 10.1 Å². The van der Waals surface area contributed by atoms with Crippen molar-refractivity contribution in [1.29, 1.82) is 0 Å². The summed E-state index contributed by atoms with van der Waals surface area (Å²) in [6, 6.07) is 0. The molecule has 11 heavy (non-hydrogen) atoms. The van der Waals surface area contributed by atoms with Crippen LogP contribution < -0.4 is 5.73 Å². The SMILES string of the molecule is NC(=O)C(Cl)=C(Cl)C(F)(F)F. The molecule has 64 valence electrons. The van der Waals surface area contributed by atoms with E-state index in [9.17, 15) is 18.0 Å². The van der Waals surface area contributed by atoms with E-state index in [1.165, 1.54) is 0 Å². The quantitative estimate of drug-likeness (QED) is 0.655. The third kappa shape index (κ3) is 2.98. The lowest BCUT2D eigenvalue weighted by atomic mass is 10.4. The van der Waals surface area contributed by atoms with Crippen LogP contribution in [0.5, 0.6) is 0 Å². The molecule has 0 bridgehead atoms. The second-order valence-corrected chi connectivity index (χ2v) is 2.25. The zero-order valence-corrected chi connectivity index (χ0v) is 6.39. The molecule has 0 saturated carbocycles. The molecule has 0 unspecified atom stereocenters. The Labute approximate surface area is 69.7 Å². The van der Waals surface area contributed by atoms with Crippen LogP contribution in [0.3, 0.4) is 0 Å². The van der Waals surface area contributed by atoms with Crippen molar-refractivity contribution in [2.24, 2.45) is 5.73 Å². The summed E-state index contributed by atoms with van der Waals surface area (Å²) in [5.74, 6) is -1.41. The topological polar surface area (TPSA) is 43.1 Å². The molecule has 0 aromatic rings. The van der Waals surface area contributed by atoms with Crippen molar-refractivity contribution < 1.29 is 18.0 Å². The molecule has 0 radical (unpaired) electrons. The number of amides is 1. The molecule has 0 aliphatic rings. The fourth-order valence-electron chi connectivity index (χ4n) is 0.233. The third-order valence-electron chi connectivity index (χ3n) is 0.658. The number of allylic oxidation sites excluding steroid dienone is 1. The van der Waals surface area contributed by atoms with Crippen molar-refractivity contribution >= 4 is 29.1 Å². The minimum absolute atomic E-state index is 1.21. The van der Waals surface area contributed by atoms with Crippen LogP contribution >= 0.6 is 23.2 Å². The molecule has 0 fully saturated rings. The van der Waals surface area contributed by atoms with Gasteiger partial charge in [-0.1, -0.05) is 23.2 Å². The minimum atomic E-state index is -4.83. The first-order chi connectivity index (χ1) is 4.76. The van der Waals surface area contributed by atoms with Gasteiger partial charge in [0.25, 0.3) is 5.91 Å². The Bertz CT molecular complexity index is 210. The molecule has 0 aliphatic heterocycles. The van der Waals surface area contributed by atoms with Crippen molar-refractivity contribution in [2.45, 2.75) is 6.18 Å². The van der Waals surface area contributed by atoms with Crippen LogP contribution in [0.4, 0.5) is 13.2 Å². The summed E-state index contributed by atoms with van der Waals surface area (Å²) in [5, 5.41) is -2.91. The molecule has 1 amide bonds. The molecule has 2 nitrogen and oxygen atoms in total. The molecule has 0 aliphatic carbocycles. The largest absolute Gasteiger partial charge is 0.428 e. The first-order valence-electron chi connectivity index (χ1n) is 2.19. The Morgan fingerprint density at radius 1 is 1.27 bits per heavy atom. The summed E-state index contributed by atoms with van der Waals surface area (Å²) in [7, 11) is 0. The maximum Gasteiger partial charge on any atom is 0.428 e. The highest BCUT2D eigenvalue weighted by Gasteiger charge is 2.36. The zero-order chi connectivity index (χ0) is 9.23. The van der Waals surface area contributed by atoms with Crippen LogP contribution in [0, 0.1) is 0 Å². The van der Waals surface area contributed by atoms with E-state index in [4.69, 9.17) is 11.6 Å². The van der Waals surface area contributed by atoms with Crippen molar-refractivity contribution in [2.75, 3.05) is 0 Å². The maximum absolute atomic E-state index is 11.6. The summed E-state index contributed by atoms with van der Waals surface area (Å²) in [5.41, 5.74) is 4.42. The second kappa shape index (κ2) is 3.32. The smallest absolute Gasteiger partial charge is 0.365 e. The Morgan fingerprint density at radius 3 is 1.73 bits per heavy atom. The number of primary amides is 1. The Kier molecular flexibility index (Phi) is 3.19. The molecule has 0 heterocycles. The molecule has 0 atom stereocenters. The van der Waals surface area contributed by atoms with Gasteiger partial charge in [-0.15, -0.1) is 0 Å². The lowest BCUT2D eigenvalue weighted by Crippen LogP contribution is -2.17. The number of rotatable bonds is 1. The van der Waals surface area contributed by atoms with E-state index in [2.05, 4.69) is 17.3 Å². The van der Waals surface area contributed by atoms with E-state index in [-0.39, 0.29) is 0 Å². The van der Waals surface area contributed by atoms with Crippen LogP contribution in [0.15, 0.2) is 10.1 Å². The standard InChI is InChI=1S/C4H2Cl2F3NO/c5-1(3(10)11)2(6)4(7,8)9/h(H2,10,11). The molecule has 7 heteroatoms. The summed E-state index contributed by atoms with van der Waals surface area (Å²) in [6.45, 7) is 0. The number of hydrogen-bond acceptors (Lipinski definition) is 1. The highest BCUT2D eigenvalue weighted by atomic mass is 35.5. The van der Waals surface area contributed by atoms with E-state index >= 15 is 0 Å². The van der Waals surface area contributed by atoms with Crippen LogP contribution in [0.25, 0.3) is 0 Å². The monoisotopic (exact) mass is 207 g/mol. The Hall–Kier alpha value is -0.420. The van der Waals surface area contributed by atoms with Crippen molar-refractivity contribution in [3.8, 4) is 0 Å². The number of nitrogens with two attached hydrogens (primary N) is 1. The lowest BCUT2D eigenvalue weighted by molar-refractivity contribution is -0.115. The Morgan fingerprint density at radius 2 is 1.64 bits per heavy atom. The van der Waals surface area contributed by atoms with Gasteiger partial charge in [0.05, 0.1) is 0 Å². The van der Waals surface area contributed by atoms with E-state index < -0.39 is 22.1 Å². The van der Waals surface area contributed by atoms with Gasteiger partial charge in [0, 0.05) is 0 Å². The average Bonchev–Trinajstić information content (AvgIpc) is 1.82. The summed E-state index contributed by atoms with van der Waals surface area (Å²) in [6.07, 6.45) is -4.83. The number of hydrogen-bond donors (Lipinski definition) is 1. The van der Waals surface area contributed by atoms with E-state index in [0.29, 0.717) is 0 Å². The molecular formula is C4H2Cl2F3NO. The fraction of sp³-hybridized carbons (Fsp3) is 0.250. The predicted octanol–water partition coefficient (Wildman–Crippen LogP) is 1.72. The molecule has 0 rings (SSSR count). The van der Waals surface area contributed by atoms with Crippen molar-refractivity contribution in [3.63, 3.8) is 0 Å². The summed E-state index contributed by atoms with van der Waals surface area (Å²) >= 11 is 9.43. The Balaban J connectivity index is 4.82. The van der Waals surface area contributed by atoms with Gasteiger partial charge in [0.2, 0.25) is 0 Å². The van der Waals surface area contributed by atoms with Gasteiger partial charge in [-0.05, 0) is 0 Å². The minimum Gasteiger partial charge on any atom is -0.365 e. The lowest BCUT2D eigenvalue weighted by Gasteiger charge is -2.04. The fourth-order valence-corrected chi connectivity index (χ4v) is 0.433. The summed E-state index contributed by atoms with van der Waals surface area (Å²) in [4.78, 5) is 10.0. The highest BCUT2D eigenvalue weighted by molar-refractivity contribution is 6.48. The second-order valence-electron chi connectivity index (χ2n) is 1.49. The van der Waals surface area contributed by atoms with Gasteiger partial charge in [-0.3, -0.25) is 4.79 Å². The first-order valence-corrected chi connectivity index (χ1v) is 2.94. The van der Waals surface area contributed by atoms with Gasteiger partial charge < -0.3 is 5.73 Å². The van der Waals surface area contributed by atoms with E-state index in [1.54, 1.807) is 0 Å². The maximum atomic E-state index is 11.6. The number of alkyl halides is 3. The van der Waals surface area contributed by atoms with Gasteiger partial charge >= 0.3 is 6.18 Å². The van der Waals surface area contributed by atoms with Gasteiger partial charge in [0.15, 0.2) is 0 Å². The molecule has 0 aromatic heterocycles. The van der Waals surface area contributed by atoms with Crippen LogP contribution in [0.2, 0.25) is 0 Å².